The number of fused-ring (bicyclic) bond motifs is 7. The maximum Gasteiger partial charge on any atom is 0.136 e. The number of hydrogen-bond donors (Lipinski definition) is 0. The molecular formula is C46H29NOS. The molecule has 230 valence electrons. The van der Waals surface area contributed by atoms with Gasteiger partial charge in [0.05, 0.1) is 0 Å². The van der Waals surface area contributed by atoms with E-state index >= 15 is 0 Å². The Balaban J connectivity index is 1.09. The average Bonchev–Trinajstić information content (AvgIpc) is 3.72. The second kappa shape index (κ2) is 11.2. The molecule has 8 aromatic carbocycles. The molecule has 0 spiro atoms. The number of furan rings is 1. The van der Waals surface area contributed by atoms with E-state index in [1.165, 1.54) is 53.2 Å². The molecular weight excluding hydrogens is 615 g/mol. The third-order valence-electron chi connectivity index (χ3n) is 9.67. The Labute approximate surface area is 287 Å². The van der Waals surface area contributed by atoms with Crippen molar-refractivity contribution in [3.05, 3.63) is 176 Å². The molecule has 0 saturated carbocycles. The van der Waals surface area contributed by atoms with Gasteiger partial charge in [-0.15, -0.1) is 11.3 Å². The van der Waals surface area contributed by atoms with Crippen LogP contribution in [0, 0.1) is 0 Å². The number of benzene rings is 8. The molecule has 0 amide bonds. The van der Waals surface area contributed by atoms with Gasteiger partial charge >= 0.3 is 0 Å². The highest BCUT2D eigenvalue weighted by atomic mass is 32.1. The lowest BCUT2D eigenvalue weighted by Crippen LogP contribution is -2.09. The van der Waals surface area contributed by atoms with Gasteiger partial charge in [0.15, 0.2) is 0 Å². The first-order valence-electron chi connectivity index (χ1n) is 16.6. The van der Waals surface area contributed by atoms with Gasteiger partial charge in [0, 0.05) is 48.0 Å². The van der Waals surface area contributed by atoms with E-state index in [2.05, 4.69) is 169 Å². The number of thiophene rings is 1. The smallest absolute Gasteiger partial charge is 0.136 e. The Bertz CT molecular complexity index is 2810. The lowest BCUT2D eigenvalue weighted by atomic mass is 9.96. The molecule has 0 saturated heterocycles. The summed E-state index contributed by atoms with van der Waals surface area (Å²) in [6.07, 6.45) is 0. The number of anilines is 3. The molecule has 0 aliphatic rings. The summed E-state index contributed by atoms with van der Waals surface area (Å²) in [5.41, 5.74) is 10.0. The van der Waals surface area contributed by atoms with Crippen LogP contribution in [0.5, 0.6) is 0 Å². The standard InChI is InChI=1S/C46H29NOS/c1-2-9-30(10-3-1)31-17-21-34(22-18-31)47(36-25-26-40-39-13-5-7-16-45(39)49-46(40)28-36)35-23-19-32(20-24-35)37-14-8-11-33-27-44-42(29-41(33)37)38-12-4-6-15-43(38)48-44/h1-29H. The summed E-state index contributed by atoms with van der Waals surface area (Å²) < 4.78 is 8.80. The minimum atomic E-state index is 0.921. The van der Waals surface area contributed by atoms with E-state index < -0.39 is 0 Å². The molecule has 10 rings (SSSR count). The number of para-hydroxylation sites is 1. The van der Waals surface area contributed by atoms with E-state index in [9.17, 15) is 0 Å². The lowest BCUT2D eigenvalue weighted by Gasteiger charge is -2.26. The Morgan fingerprint density at radius 1 is 0.367 bits per heavy atom. The molecule has 2 aromatic heterocycles. The Kier molecular flexibility index (Phi) is 6.39. The molecule has 0 fully saturated rings. The second-order valence-corrected chi connectivity index (χ2v) is 13.6. The van der Waals surface area contributed by atoms with Gasteiger partial charge in [-0.2, -0.15) is 0 Å². The minimum absolute atomic E-state index is 0.921. The molecule has 0 aliphatic heterocycles. The highest BCUT2D eigenvalue weighted by Gasteiger charge is 2.16. The van der Waals surface area contributed by atoms with E-state index in [-0.39, 0.29) is 0 Å². The summed E-state index contributed by atoms with van der Waals surface area (Å²) in [6, 6.07) is 63.3. The lowest BCUT2D eigenvalue weighted by molar-refractivity contribution is 0.669. The molecule has 0 unspecified atom stereocenters. The van der Waals surface area contributed by atoms with Crippen molar-refractivity contribution in [1.29, 1.82) is 0 Å². The normalized spacial score (nSPS) is 11.7. The fraction of sp³-hybridized carbons (Fsp3) is 0. The van der Waals surface area contributed by atoms with Crippen molar-refractivity contribution in [3.8, 4) is 22.3 Å². The third kappa shape index (κ3) is 4.70. The molecule has 10 aromatic rings. The van der Waals surface area contributed by atoms with E-state index in [1.54, 1.807) is 0 Å². The van der Waals surface area contributed by atoms with Gasteiger partial charge in [-0.1, -0.05) is 115 Å². The van der Waals surface area contributed by atoms with Crippen LogP contribution in [0.3, 0.4) is 0 Å². The quantitative estimate of drug-likeness (QED) is 0.186. The van der Waals surface area contributed by atoms with Crippen molar-refractivity contribution in [2.45, 2.75) is 0 Å². The molecule has 49 heavy (non-hydrogen) atoms. The molecule has 2 heterocycles. The molecule has 0 aliphatic carbocycles. The van der Waals surface area contributed by atoms with Crippen LogP contribution in [-0.2, 0) is 0 Å². The zero-order chi connectivity index (χ0) is 32.3. The van der Waals surface area contributed by atoms with Gasteiger partial charge in [-0.05, 0) is 93.7 Å². The van der Waals surface area contributed by atoms with Crippen molar-refractivity contribution in [2.75, 3.05) is 4.90 Å². The summed E-state index contributed by atoms with van der Waals surface area (Å²) in [4.78, 5) is 2.37. The Morgan fingerprint density at radius 3 is 1.84 bits per heavy atom. The van der Waals surface area contributed by atoms with Gasteiger partial charge in [0.1, 0.15) is 11.2 Å². The number of hydrogen-bond acceptors (Lipinski definition) is 3. The van der Waals surface area contributed by atoms with Crippen molar-refractivity contribution in [1.82, 2.24) is 0 Å². The fourth-order valence-corrected chi connectivity index (χ4v) is 8.41. The van der Waals surface area contributed by atoms with Crippen LogP contribution < -0.4 is 4.90 Å². The third-order valence-corrected chi connectivity index (χ3v) is 10.8. The summed E-state index contributed by atoms with van der Waals surface area (Å²) in [5, 5.41) is 7.30. The van der Waals surface area contributed by atoms with Crippen LogP contribution in [0.1, 0.15) is 0 Å². The fourth-order valence-electron chi connectivity index (χ4n) is 7.27. The second-order valence-electron chi connectivity index (χ2n) is 12.5. The number of rotatable bonds is 5. The van der Waals surface area contributed by atoms with Gasteiger partial charge in [-0.25, -0.2) is 0 Å². The largest absolute Gasteiger partial charge is 0.456 e. The Morgan fingerprint density at radius 2 is 1.02 bits per heavy atom. The molecule has 0 N–H and O–H groups in total. The SMILES string of the molecule is c1ccc(-c2ccc(N(c3ccc(-c4cccc5cc6oc7ccccc7c6cc45)cc3)c3ccc4c(c3)sc3ccccc34)cc2)cc1. The first kappa shape index (κ1) is 27.9. The summed E-state index contributed by atoms with van der Waals surface area (Å²) in [7, 11) is 0. The van der Waals surface area contributed by atoms with E-state index in [4.69, 9.17) is 4.42 Å². The predicted molar refractivity (Wildman–Crippen MR) is 210 cm³/mol. The molecule has 0 bridgehead atoms. The van der Waals surface area contributed by atoms with Crippen LogP contribution in [-0.4, -0.2) is 0 Å². The van der Waals surface area contributed by atoms with Crippen LogP contribution in [0.25, 0.3) is 75.1 Å². The zero-order valence-electron chi connectivity index (χ0n) is 26.5. The highest BCUT2D eigenvalue weighted by Crippen LogP contribution is 2.42. The van der Waals surface area contributed by atoms with Gasteiger partial charge in [0.2, 0.25) is 0 Å². The van der Waals surface area contributed by atoms with Crippen molar-refractivity contribution >= 4 is 81.3 Å². The van der Waals surface area contributed by atoms with E-state index in [0.29, 0.717) is 0 Å². The Hall–Kier alpha value is -6.16. The van der Waals surface area contributed by atoms with E-state index in [1.807, 2.05) is 23.5 Å². The highest BCUT2D eigenvalue weighted by molar-refractivity contribution is 7.25. The van der Waals surface area contributed by atoms with Crippen molar-refractivity contribution < 1.29 is 4.42 Å². The zero-order valence-corrected chi connectivity index (χ0v) is 27.3. The van der Waals surface area contributed by atoms with Gasteiger partial charge in [-0.3, -0.25) is 0 Å². The summed E-state index contributed by atoms with van der Waals surface area (Å²) >= 11 is 1.85. The van der Waals surface area contributed by atoms with Crippen LogP contribution in [0.15, 0.2) is 180 Å². The topological polar surface area (TPSA) is 16.4 Å². The first-order valence-corrected chi connectivity index (χ1v) is 17.4. The molecule has 0 radical (unpaired) electrons. The maximum absolute atomic E-state index is 6.20. The van der Waals surface area contributed by atoms with Crippen LogP contribution in [0.2, 0.25) is 0 Å². The molecule has 3 heteroatoms. The van der Waals surface area contributed by atoms with Gasteiger partial charge < -0.3 is 9.32 Å². The van der Waals surface area contributed by atoms with Crippen LogP contribution in [0.4, 0.5) is 17.1 Å². The molecule has 0 atom stereocenters. The van der Waals surface area contributed by atoms with Gasteiger partial charge in [0.25, 0.3) is 0 Å². The summed E-state index contributed by atoms with van der Waals surface area (Å²) in [6.45, 7) is 0. The monoisotopic (exact) mass is 643 g/mol. The summed E-state index contributed by atoms with van der Waals surface area (Å²) in [5.74, 6) is 0. The minimum Gasteiger partial charge on any atom is -0.456 e. The first-order chi connectivity index (χ1) is 24.3. The van der Waals surface area contributed by atoms with Crippen molar-refractivity contribution in [2.24, 2.45) is 0 Å². The molecule has 2 nitrogen and oxygen atoms in total. The number of nitrogens with zero attached hydrogens (tertiary/aromatic N) is 1. The average molecular weight is 644 g/mol. The van der Waals surface area contributed by atoms with E-state index in [0.717, 1.165) is 39.0 Å². The predicted octanol–water partition coefficient (Wildman–Crippen LogP) is 13.9. The maximum atomic E-state index is 6.20. The van der Waals surface area contributed by atoms with Crippen molar-refractivity contribution in [3.63, 3.8) is 0 Å². The van der Waals surface area contributed by atoms with Crippen LogP contribution >= 0.6 is 11.3 Å².